The van der Waals surface area contributed by atoms with Crippen LogP contribution in [0.1, 0.15) is 38.2 Å². The summed E-state index contributed by atoms with van der Waals surface area (Å²) in [6, 6.07) is 6.96. The molecule has 0 saturated carbocycles. The number of benzene rings is 1. The van der Waals surface area contributed by atoms with Gasteiger partial charge in [-0.2, -0.15) is 4.31 Å². The average Bonchev–Trinajstić information content (AvgIpc) is 2.65. The Morgan fingerprint density at radius 1 is 1.19 bits per heavy atom. The summed E-state index contributed by atoms with van der Waals surface area (Å²) in [5.74, 6) is 0.417. The van der Waals surface area contributed by atoms with E-state index in [1.54, 1.807) is 28.6 Å². The van der Waals surface area contributed by atoms with E-state index >= 15 is 0 Å². The highest BCUT2D eigenvalue weighted by Crippen LogP contribution is 2.21. The van der Waals surface area contributed by atoms with E-state index in [4.69, 9.17) is 0 Å². The largest absolute Gasteiger partial charge is 0.353 e. The van der Waals surface area contributed by atoms with Gasteiger partial charge in [-0.25, -0.2) is 8.42 Å². The van der Waals surface area contributed by atoms with Gasteiger partial charge >= 0.3 is 0 Å². The summed E-state index contributed by atoms with van der Waals surface area (Å²) >= 11 is 0. The molecule has 2 unspecified atom stereocenters. The number of rotatable bonds is 5. The molecule has 7 heteroatoms. The molecular formula is C19H29N3O3S. The molecule has 2 saturated heterocycles. The Morgan fingerprint density at radius 2 is 1.88 bits per heavy atom. The van der Waals surface area contributed by atoms with Crippen molar-refractivity contribution in [1.82, 2.24) is 14.9 Å². The van der Waals surface area contributed by atoms with Crippen LogP contribution >= 0.6 is 0 Å². The number of carbonyl (C=O) groups excluding carboxylic acids is 1. The van der Waals surface area contributed by atoms with Crippen molar-refractivity contribution in [3.8, 4) is 0 Å². The van der Waals surface area contributed by atoms with Gasteiger partial charge in [0.1, 0.15) is 0 Å². The second kappa shape index (κ2) is 8.50. The minimum Gasteiger partial charge on any atom is -0.353 e. The van der Waals surface area contributed by atoms with E-state index in [0.29, 0.717) is 23.9 Å². The lowest BCUT2D eigenvalue weighted by atomic mass is 9.95. The predicted molar refractivity (Wildman–Crippen MR) is 101 cm³/mol. The second-order valence-corrected chi connectivity index (χ2v) is 9.37. The molecule has 0 aromatic heterocycles. The van der Waals surface area contributed by atoms with Crippen molar-refractivity contribution in [2.45, 2.75) is 50.0 Å². The van der Waals surface area contributed by atoms with Crippen LogP contribution in [0.4, 0.5) is 0 Å². The molecule has 2 fully saturated rings. The third-order valence-corrected chi connectivity index (χ3v) is 7.29. The van der Waals surface area contributed by atoms with E-state index in [1.165, 1.54) is 0 Å². The quantitative estimate of drug-likeness (QED) is 0.813. The van der Waals surface area contributed by atoms with Crippen molar-refractivity contribution in [2.24, 2.45) is 5.92 Å². The summed E-state index contributed by atoms with van der Waals surface area (Å²) in [6.45, 7) is 5.19. The van der Waals surface area contributed by atoms with Crippen LogP contribution in [0.25, 0.3) is 0 Å². The van der Waals surface area contributed by atoms with Crippen LogP contribution in [0.5, 0.6) is 0 Å². The van der Waals surface area contributed by atoms with Crippen LogP contribution in [0, 0.1) is 5.92 Å². The van der Waals surface area contributed by atoms with Crippen LogP contribution in [-0.2, 0) is 21.2 Å². The molecule has 0 bridgehead atoms. The van der Waals surface area contributed by atoms with Crippen molar-refractivity contribution in [3.63, 3.8) is 0 Å². The van der Waals surface area contributed by atoms with E-state index in [1.807, 2.05) is 0 Å². The second-order valence-electron chi connectivity index (χ2n) is 7.43. The summed E-state index contributed by atoms with van der Waals surface area (Å²) < 4.78 is 26.9. The van der Waals surface area contributed by atoms with E-state index in [0.717, 1.165) is 44.3 Å². The van der Waals surface area contributed by atoms with Crippen LogP contribution < -0.4 is 10.6 Å². The fraction of sp³-hybridized carbons (Fsp3) is 0.632. The van der Waals surface area contributed by atoms with E-state index in [-0.39, 0.29) is 18.4 Å². The molecule has 26 heavy (non-hydrogen) atoms. The topological polar surface area (TPSA) is 78.5 Å². The van der Waals surface area contributed by atoms with Crippen molar-refractivity contribution < 1.29 is 13.2 Å². The lowest BCUT2D eigenvalue weighted by molar-refractivity contribution is -0.121. The van der Waals surface area contributed by atoms with Gasteiger partial charge < -0.3 is 10.6 Å². The van der Waals surface area contributed by atoms with Gasteiger partial charge in [-0.15, -0.1) is 0 Å². The van der Waals surface area contributed by atoms with Crippen molar-refractivity contribution in [3.05, 3.63) is 29.8 Å². The first-order chi connectivity index (χ1) is 12.5. The number of piperidine rings is 2. The fourth-order valence-electron chi connectivity index (χ4n) is 3.71. The molecular weight excluding hydrogens is 350 g/mol. The highest BCUT2D eigenvalue weighted by Gasteiger charge is 2.26. The average molecular weight is 380 g/mol. The zero-order valence-corrected chi connectivity index (χ0v) is 16.2. The first-order valence-corrected chi connectivity index (χ1v) is 11.0. The molecule has 0 radical (unpaired) electrons. The Hall–Kier alpha value is -1.44. The smallest absolute Gasteiger partial charge is 0.243 e. The number of amides is 1. The van der Waals surface area contributed by atoms with E-state index in [9.17, 15) is 13.2 Å². The van der Waals surface area contributed by atoms with Crippen molar-refractivity contribution in [2.75, 3.05) is 26.2 Å². The standard InChI is InChI=1S/C19H29N3O3S/c1-15-14-20-10-9-18(15)21-19(23)13-16-5-7-17(8-6-16)26(24,25)22-11-3-2-4-12-22/h5-8,15,18,20H,2-4,9-14H2,1H3,(H,21,23). The zero-order chi connectivity index (χ0) is 18.6. The van der Waals surface area contributed by atoms with Gasteiger partial charge in [-0.3, -0.25) is 4.79 Å². The van der Waals surface area contributed by atoms with Crippen LogP contribution in [0.2, 0.25) is 0 Å². The van der Waals surface area contributed by atoms with Crippen LogP contribution in [-0.4, -0.2) is 50.9 Å². The lowest BCUT2D eigenvalue weighted by Gasteiger charge is -2.30. The Labute approximate surface area is 156 Å². The molecule has 0 spiro atoms. The number of hydrogen-bond acceptors (Lipinski definition) is 4. The van der Waals surface area contributed by atoms with Crippen molar-refractivity contribution in [1.29, 1.82) is 0 Å². The Kier molecular flexibility index (Phi) is 6.32. The van der Waals surface area contributed by atoms with Gasteiger partial charge in [0.25, 0.3) is 0 Å². The maximum Gasteiger partial charge on any atom is 0.243 e. The molecule has 3 rings (SSSR count). The summed E-state index contributed by atoms with van der Waals surface area (Å²) in [4.78, 5) is 12.6. The third-order valence-electron chi connectivity index (χ3n) is 5.37. The molecule has 2 atom stereocenters. The molecule has 2 aliphatic rings. The van der Waals surface area contributed by atoms with Gasteiger partial charge in [0.2, 0.25) is 15.9 Å². The molecule has 2 aliphatic heterocycles. The van der Waals surface area contributed by atoms with Gasteiger partial charge in [0.05, 0.1) is 11.3 Å². The molecule has 6 nitrogen and oxygen atoms in total. The maximum atomic E-state index is 12.7. The van der Waals surface area contributed by atoms with Gasteiger partial charge in [0, 0.05) is 19.1 Å². The predicted octanol–water partition coefficient (Wildman–Crippen LogP) is 1.52. The highest BCUT2D eigenvalue weighted by molar-refractivity contribution is 7.89. The highest BCUT2D eigenvalue weighted by atomic mass is 32.2. The Balaban J connectivity index is 1.59. The number of hydrogen-bond donors (Lipinski definition) is 2. The first kappa shape index (κ1) is 19.3. The normalized spacial score (nSPS) is 25.0. The van der Waals surface area contributed by atoms with Crippen molar-refractivity contribution >= 4 is 15.9 Å². The zero-order valence-electron chi connectivity index (χ0n) is 15.4. The molecule has 144 valence electrons. The SMILES string of the molecule is CC1CNCCC1NC(=O)Cc1ccc(S(=O)(=O)N2CCCCC2)cc1. The maximum absolute atomic E-state index is 12.7. The molecule has 0 aliphatic carbocycles. The first-order valence-electron chi connectivity index (χ1n) is 9.56. The summed E-state index contributed by atoms with van der Waals surface area (Å²) in [6.07, 6.45) is 4.16. The number of nitrogens with one attached hydrogen (secondary N) is 2. The molecule has 1 amide bonds. The monoisotopic (exact) mass is 379 g/mol. The molecule has 2 N–H and O–H groups in total. The van der Waals surface area contributed by atoms with Crippen LogP contribution in [0.3, 0.4) is 0 Å². The molecule has 1 aromatic rings. The number of nitrogens with zero attached hydrogens (tertiary/aromatic N) is 1. The summed E-state index contributed by atoms with van der Waals surface area (Å²) in [5, 5.41) is 6.43. The summed E-state index contributed by atoms with van der Waals surface area (Å²) in [5.41, 5.74) is 0.835. The van der Waals surface area contributed by atoms with Gasteiger partial charge in [-0.05, 0) is 56.0 Å². The minimum absolute atomic E-state index is 0.00427. The molecule has 2 heterocycles. The van der Waals surface area contributed by atoms with E-state index in [2.05, 4.69) is 17.6 Å². The third kappa shape index (κ3) is 4.64. The fourth-order valence-corrected chi connectivity index (χ4v) is 5.22. The van der Waals surface area contributed by atoms with Crippen LogP contribution in [0.15, 0.2) is 29.2 Å². The number of sulfonamides is 1. The van der Waals surface area contributed by atoms with E-state index < -0.39 is 10.0 Å². The Bertz CT molecular complexity index is 712. The number of carbonyl (C=O) groups is 1. The lowest BCUT2D eigenvalue weighted by Crippen LogP contribution is -2.48. The Morgan fingerprint density at radius 3 is 2.54 bits per heavy atom. The minimum atomic E-state index is -3.41. The van der Waals surface area contributed by atoms with Gasteiger partial charge in [-0.1, -0.05) is 25.5 Å². The molecule has 1 aromatic carbocycles. The van der Waals surface area contributed by atoms with Gasteiger partial charge in [0.15, 0.2) is 0 Å². The summed E-state index contributed by atoms with van der Waals surface area (Å²) in [7, 11) is -3.41.